The maximum absolute atomic E-state index is 13.2. The lowest BCUT2D eigenvalue weighted by atomic mass is 9.63. The standard InChI is InChI=1S/C24H18BrClN2O3/c25-18-8-3-12(9-19(18)26)27-22(29)11-1-4-13(5-2-11)28-23(30)20-14-6-7-15(17-10-16(14)17)21(20)24(28)31/h1-9,14-17,20-21H,10H2,(H,27,29)/t14-,15-,16-,17-,20+,21+/m1/s1. The molecule has 6 atom stereocenters. The normalized spacial score (nSPS) is 32.1. The van der Waals surface area contributed by atoms with Gasteiger partial charge in [0.25, 0.3) is 5.91 Å². The molecule has 0 unspecified atom stereocenters. The Morgan fingerprint density at radius 1 is 0.968 bits per heavy atom. The number of carbonyl (C=O) groups is 3. The van der Waals surface area contributed by atoms with Gasteiger partial charge in [0.1, 0.15) is 0 Å². The summed E-state index contributed by atoms with van der Waals surface area (Å²) < 4.78 is 0.748. The Bertz CT molecular complexity index is 1140. The fourth-order valence-electron chi connectivity index (χ4n) is 5.75. The molecule has 5 nitrogen and oxygen atoms in total. The Morgan fingerprint density at radius 2 is 1.58 bits per heavy atom. The van der Waals surface area contributed by atoms with Crippen molar-refractivity contribution in [1.82, 2.24) is 0 Å². The summed E-state index contributed by atoms with van der Waals surface area (Å²) in [6.07, 6.45) is 5.47. The zero-order valence-corrected chi connectivity index (χ0v) is 18.6. The predicted octanol–water partition coefficient (Wildman–Crippen LogP) is 4.91. The number of hydrogen-bond acceptors (Lipinski definition) is 3. The highest BCUT2D eigenvalue weighted by atomic mass is 79.9. The van der Waals surface area contributed by atoms with E-state index >= 15 is 0 Å². The largest absolute Gasteiger partial charge is 0.322 e. The number of hydrogen-bond donors (Lipinski definition) is 1. The number of imide groups is 1. The average Bonchev–Trinajstić information content (AvgIpc) is 3.54. The number of nitrogens with one attached hydrogen (secondary N) is 1. The van der Waals surface area contributed by atoms with Crippen LogP contribution in [0.25, 0.3) is 0 Å². The molecule has 7 rings (SSSR count). The zero-order valence-electron chi connectivity index (χ0n) is 16.3. The van der Waals surface area contributed by atoms with Crippen LogP contribution in [0.5, 0.6) is 0 Å². The van der Waals surface area contributed by atoms with Crippen molar-refractivity contribution >= 4 is 56.6 Å². The number of carbonyl (C=O) groups excluding carboxylic acids is 3. The second-order valence-corrected chi connectivity index (χ2v) is 10.1. The highest BCUT2D eigenvalue weighted by Gasteiger charge is 2.67. The van der Waals surface area contributed by atoms with Crippen molar-refractivity contribution in [2.45, 2.75) is 6.42 Å². The fourth-order valence-corrected chi connectivity index (χ4v) is 6.18. The van der Waals surface area contributed by atoms with E-state index in [1.165, 1.54) is 4.90 Å². The van der Waals surface area contributed by atoms with E-state index in [-0.39, 0.29) is 41.4 Å². The molecule has 2 bridgehead atoms. The second kappa shape index (κ2) is 6.78. The molecule has 1 heterocycles. The van der Waals surface area contributed by atoms with Gasteiger partial charge in [0, 0.05) is 15.7 Å². The van der Waals surface area contributed by atoms with Gasteiger partial charge in [0.2, 0.25) is 11.8 Å². The molecule has 1 aliphatic heterocycles. The van der Waals surface area contributed by atoms with Gasteiger partial charge in [0.15, 0.2) is 0 Å². The number of anilines is 2. The van der Waals surface area contributed by atoms with E-state index < -0.39 is 0 Å². The summed E-state index contributed by atoms with van der Waals surface area (Å²) in [5.41, 5.74) is 1.54. The van der Waals surface area contributed by atoms with Gasteiger partial charge in [-0.25, -0.2) is 0 Å². The van der Waals surface area contributed by atoms with E-state index in [9.17, 15) is 14.4 Å². The first kappa shape index (κ1) is 19.3. The topological polar surface area (TPSA) is 66.5 Å². The first-order valence-electron chi connectivity index (χ1n) is 10.4. The minimum atomic E-state index is -0.292. The van der Waals surface area contributed by atoms with Crippen LogP contribution in [0.3, 0.4) is 0 Å². The summed E-state index contributed by atoms with van der Waals surface area (Å²) in [5.74, 6) is 0.612. The average molecular weight is 498 g/mol. The third-order valence-electron chi connectivity index (χ3n) is 7.23. The molecule has 3 amide bonds. The maximum atomic E-state index is 13.2. The van der Waals surface area contributed by atoms with Crippen LogP contribution >= 0.6 is 27.5 Å². The van der Waals surface area contributed by atoms with E-state index in [1.54, 1.807) is 42.5 Å². The van der Waals surface area contributed by atoms with Gasteiger partial charge in [-0.3, -0.25) is 19.3 Å². The van der Waals surface area contributed by atoms with Crippen LogP contribution < -0.4 is 10.2 Å². The summed E-state index contributed by atoms with van der Waals surface area (Å²) in [7, 11) is 0. The minimum absolute atomic E-state index is 0.0959. The molecule has 0 spiro atoms. The van der Waals surface area contributed by atoms with Gasteiger partial charge < -0.3 is 5.32 Å². The molecule has 5 aliphatic rings. The maximum Gasteiger partial charge on any atom is 0.255 e. The van der Waals surface area contributed by atoms with Crippen LogP contribution in [0, 0.1) is 35.5 Å². The van der Waals surface area contributed by atoms with Crippen molar-refractivity contribution in [3.8, 4) is 0 Å². The van der Waals surface area contributed by atoms with Gasteiger partial charge in [-0.15, -0.1) is 0 Å². The molecule has 31 heavy (non-hydrogen) atoms. The van der Waals surface area contributed by atoms with Crippen molar-refractivity contribution in [1.29, 1.82) is 0 Å². The number of benzene rings is 2. The van der Waals surface area contributed by atoms with Crippen LogP contribution in [-0.4, -0.2) is 17.7 Å². The third kappa shape index (κ3) is 2.84. The highest BCUT2D eigenvalue weighted by Crippen LogP contribution is 2.65. The van der Waals surface area contributed by atoms with Gasteiger partial charge in [-0.1, -0.05) is 23.8 Å². The number of halogens is 2. The Morgan fingerprint density at radius 3 is 2.16 bits per heavy atom. The van der Waals surface area contributed by atoms with Crippen LogP contribution in [0.4, 0.5) is 11.4 Å². The molecule has 0 aromatic heterocycles. The Kier molecular flexibility index (Phi) is 4.21. The Balaban J connectivity index is 1.22. The summed E-state index contributed by atoms with van der Waals surface area (Å²) >= 11 is 9.40. The van der Waals surface area contributed by atoms with Crippen molar-refractivity contribution in [3.05, 3.63) is 69.7 Å². The molecule has 4 aliphatic carbocycles. The number of allylic oxidation sites excluding steroid dienone is 2. The summed E-state index contributed by atoms with van der Waals surface area (Å²) in [6, 6.07) is 11.8. The lowest BCUT2D eigenvalue weighted by Gasteiger charge is -2.37. The minimum Gasteiger partial charge on any atom is -0.322 e. The van der Waals surface area contributed by atoms with Crippen molar-refractivity contribution < 1.29 is 14.4 Å². The monoisotopic (exact) mass is 496 g/mol. The second-order valence-electron chi connectivity index (χ2n) is 8.80. The summed E-state index contributed by atoms with van der Waals surface area (Å²) in [5, 5.41) is 3.30. The van der Waals surface area contributed by atoms with E-state index in [0.717, 1.165) is 10.9 Å². The molecule has 1 saturated heterocycles. The quantitative estimate of drug-likeness (QED) is 0.484. The molecule has 3 fully saturated rings. The van der Waals surface area contributed by atoms with Crippen molar-refractivity contribution in [2.75, 3.05) is 10.2 Å². The third-order valence-corrected chi connectivity index (χ3v) is 8.46. The molecule has 0 radical (unpaired) electrons. The molecule has 2 aromatic rings. The number of nitrogens with zero attached hydrogens (tertiary/aromatic N) is 1. The molecule has 1 N–H and O–H groups in total. The van der Waals surface area contributed by atoms with Crippen LogP contribution in [0.15, 0.2) is 59.1 Å². The van der Waals surface area contributed by atoms with Crippen LogP contribution in [-0.2, 0) is 9.59 Å². The smallest absolute Gasteiger partial charge is 0.255 e. The summed E-state index contributed by atoms with van der Waals surface area (Å²) in [6.45, 7) is 0. The van der Waals surface area contributed by atoms with Crippen LogP contribution in [0.2, 0.25) is 5.02 Å². The van der Waals surface area contributed by atoms with Gasteiger partial charge in [-0.05, 0) is 88.5 Å². The molecule has 2 saturated carbocycles. The van der Waals surface area contributed by atoms with E-state index in [0.29, 0.717) is 33.8 Å². The summed E-state index contributed by atoms with van der Waals surface area (Å²) in [4.78, 5) is 40.3. The van der Waals surface area contributed by atoms with E-state index in [2.05, 4.69) is 33.4 Å². The Hall–Kier alpha value is -2.44. The molecule has 156 valence electrons. The lowest BCUT2D eigenvalue weighted by molar-refractivity contribution is -0.124. The highest BCUT2D eigenvalue weighted by molar-refractivity contribution is 9.10. The van der Waals surface area contributed by atoms with Gasteiger partial charge in [-0.2, -0.15) is 0 Å². The van der Waals surface area contributed by atoms with Crippen molar-refractivity contribution in [2.24, 2.45) is 35.5 Å². The predicted molar refractivity (Wildman–Crippen MR) is 121 cm³/mol. The number of rotatable bonds is 3. The van der Waals surface area contributed by atoms with Gasteiger partial charge >= 0.3 is 0 Å². The zero-order chi connectivity index (χ0) is 21.4. The first-order valence-corrected chi connectivity index (χ1v) is 11.5. The fraction of sp³-hybridized carbons (Fsp3) is 0.292. The molecule has 2 aromatic carbocycles. The van der Waals surface area contributed by atoms with Gasteiger partial charge in [0.05, 0.1) is 22.5 Å². The van der Waals surface area contributed by atoms with E-state index in [1.807, 2.05) is 0 Å². The molecular formula is C24H18BrClN2O3. The van der Waals surface area contributed by atoms with E-state index in [4.69, 9.17) is 11.6 Å². The first-order chi connectivity index (χ1) is 14.9. The lowest BCUT2D eigenvalue weighted by Crippen LogP contribution is -2.40. The number of amides is 3. The SMILES string of the molecule is O=C(Nc1ccc(Br)c(Cl)c1)c1ccc(N2C(=O)[C@H]3[C@@H]4C=C[C@H]([C@H]5C[C@H]45)[C@@H]3C2=O)cc1. The Labute approximate surface area is 192 Å². The molecular weight excluding hydrogens is 480 g/mol. The van der Waals surface area contributed by atoms with Crippen LogP contribution in [0.1, 0.15) is 16.8 Å². The van der Waals surface area contributed by atoms with Crippen molar-refractivity contribution in [3.63, 3.8) is 0 Å². The molecule has 7 heteroatoms.